The Bertz CT molecular complexity index is 1060. The van der Waals surface area contributed by atoms with Gasteiger partial charge in [-0.15, -0.1) is 0 Å². The molecule has 32 heavy (non-hydrogen) atoms. The van der Waals surface area contributed by atoms with Crippen LogP contribution in [0.4, 0.5) is 0 Å². The molecular formula is C24H32N2O5S. The first-order valence-corrected chi connectivity index (χ1v) is 12.3. The first-order valence-electron chi connectivity index (χ1n) is 10.8. The second-order valence-electron chi connectivity index (χ2n) is 8.14. The van der Waals surface area contributed by atoms with Crippen molar-refractivity contribution in [1.29, 1.82) is 0 Å². The molecule has 1 heterocycles. The van der Waals surface area contributed by atoms with E-state index in [1.807, 2.05) is 32.9 Å². The van der Waals surface area contributed by atoms with Crippen LogP contribution in [0, 0.1) is 13.8 Å². The molecule has 0 spiro atoms. The molecule has 1 amide bonds. The van der Waals surface area contributed by atoms with Gasteiger partial charge in [0.25, 0.3) is 0 Å². The molecule has 1 aliphatic heterocycles. The summed E-state index contributed by atoms with van der Waals surface area (Å²) in [6.07, 6.45) is 0.605. The molecule has 0 bridgehead atoms. The summed E-state index contributed by atoms with van der Waals surface area (Å²) >= 11 is 0. The molecular weight excluding hydrogens is 428 g/mol. The predicted octanol–water partition coefficient (Wildman–Crippen LogP) is 3.14. The monoisotopic (exact) mass is 460 g/mol. The van der Waals surface area contributed by atoms with Gasteiger partial charge in [0.05, 0.1) is 31.3 Å². The van der Waals surface area contributed by atoms with Crippen LogP contribution < -0.4 is 10.1 Å². The molecule has 3 rings (SSSR count). The number of amides is 1. The highest BCUT2D eigenvalue weighted by molar-refractivity contribution is 7.89. The molecule has 1 fully saturated rings. The number of hydrogen-bond acceptors (Lipinski definition) is 5. The Labute approximate surface area is 190 Å². The third-order valence-electron chi connectivity index (χ3n) is 5.75. The van der Waals surface area contributed by atoms with Crippen LogP contribution in [0.5, 0.6) is 5.75 Å². The topological polar surface area (TPSA) is 84.9 Å². The summed E-state index contributed by atoms with van der Waals surface area (Å²) in [5.74, 6) is 0.474. The van der Waals surface area contributed by atoms with Gasteiger partial charge in [-0.1, -0.05) is 23.8 Å². The second-order valence-corrected chi connectivity index (χ2v) is 10.1. The number of sulfonamides is 1. The Kier molecular flexibility index (Phi) is 7.92. The number of nitrogens with zero attached hydrogens (tertiary/aromatic N) is 1. The van der Waals surface area contributed by atoms with Crippen molar-refractivity contribution >= 4 is 15.9 Å². The normalized spacial score (nSPS) is 15.9. The fourth-order valence-corrected chi connectivity index (χ4v) is 5.46. The van der Waals surface area contributed by atoms with Gasteiger partial charge in [-0.05, 0) is 62.1 Å². The minimum atomic E-state index is -3.61. The van der Waals surface area contributed by atoms with E-state index < -0.39 is 10.0 Å². The third kappa shape index (κ3) is 5.68. The van der Waals surface area contributed by atoms with E-state index in [9.17, 15) is 13.2 Å². The average Bonchev–Trinajstić information content (AvgIpc) is 2.77. The zero-order valence-electron chi connectivity index (χ0n) is 19.2. The number of rotatable bonds is 8. The van der Waals surface area contributed by atoms with Gasteiger partial charge in [-0.2, -0.15) is 4.31 Å². The molecule has 7 nitrogen and oxygen atoms in total. The largest absolute Gasteiger partial charge is 0.496 e. The number of methoxy groups -OCH3 is 1. The zero-order chi connectivity index (χ0) is 23.3. The van der Waals surface area contributed by atoms with Crippen LogP contribution in [-0.4, -0.2) is 52.0 Å². The Hall–Kier alpha value is -2.42. The van der Waals surface area contributed by atoms with Gasteiger partial charge in [0.1, 0.15) is 5.75 Å². The van der Waals surface area contributed by atoms with Gasteiger partial charge < -0.3 is 14.8 Å². The lowest BCUT2D eigenvalue weighted by Gasteiger charge is -2.26. The lowest BCUT2D eigenvalue weighted by Crippen LogP contribution is -2.40. The molecule has 2 aromatic rings. The first kappa shape index (κ1) is 24.2. The Morgan fingerprint density at radius 1 is 1.16 bits per heavy atom. The van der Waals surface area contributed by atoms with Crippen LogP contribution >= 0.6 is 0 Å². The average molecular weight is 461 g/mol. The zero-order valence-corrected chi connectivity index (χ0v) is 20.0. The quantitative estimate of drug-likeness (QED) is 0.654. The molecule has 0 saturated carbocycles. The molecule has 0 aliphatic carbocycles. The van der Waals surface area contributed by atoms with Crippen molar-refractivity contribution in [2.45, 2.75) is 44.6 Å². The van der Waals surface area contributed by atoms with E-state index in [0.29, 0.717) is 44.0 Å². The maximum atomic E-state index is 13.0. The van der Waals surface area contributed by atoms with E-state index in [4.69, 9.17) is 9.47 Å². The van der Waals surface area contributed by atoms with Crippen molar-refractivity contribution in [2.24, 2.45) is 0 Å². The van der Waals surface area contributed by atoms with Gasteiger partial charge in [0.15, 0.2) is 0 Å². The van der Waals surface area contributed by atoms with E-state index in [2.05, 4.69) is 11.4 Å². The van der Waals surface area contributed by atoms with Crippen molar-refractivity contribution in [1.82, 2.24) is 9.62 Å². The van der Waals surface area contributed by atoms with E-state index in [0.717, 1.165) is 11.1 Å². The number of carbonyl (C=O) groups excluding carboxylic acids is 1. The van der Waals surface area contributed by atoms with Crippen molar-refractivity contribution in [3.05, 3.63) is 58.7 Å². The standard InChI is InChI=1S/C24H32N2O5S/c1-17-5-8-22(18(2)15-17)19(3)25-24(27)10-6-20-16-21(7-9-23(20)30-4)32(28,29)26-11-13-31-14-12-26/h5,7-9,15-16,19H,6,10-14H2,1-4H3,(H,25,27)/t19-/m1/s1. The van der Waals surface area contributed by atoms with Gasteiger partial charge in [-0.25, -0.2) is 8.42 Å². The van der Waals surface area contributed by atoms with E-state index in [1.165, 1.54) is 17.0 Å². The Morgan fingerprint density at radius 3 is 2.53 bits per heavy atom. The summed E-state index contributed by atoms with van der Waals surface area (Å²) in [6, 6.07) is 10.9. The minimum absolute atomic E-state index is 0.0963. The molecule has 1 saturated heterocycles. The fraction of sp³-hybridized carbons (Fsp3) is 0.458. The highest BCUT2D eigenvalue weighted by Crippen LogP contribution is 2.26. The molecule has 1 atom stereocenters. The summed E-state index contributed by atoms with van der Waals surface area (Å²) in [5, 5.41) is 3.04. The first-order chi connectivity index (χ1) is 15.2. The van der Waals surface area contributed by atoms with Crippen LogP contribution in [-0.2, 0) is 26.0 Å². The summed E-state index contributed by atoms with van der Waals surface area (Å²) < 4.78 is 38.1. The van der Waals surface area contributed by atoms with Gasteiger partial charge in [0, 0.05) is 19.5 Å². The highest BCUT2D eigenvalue weighted by Gasteiger charge is 2.27. The number of benzene rings is 2. The molecule has 8 heteroatoms. The lowest BCUT2D eigenvalue weighted by atomic mass is 10.00. The van der Waals surface area contributed by atoms with E-state index in [-0.39, 0.29) is 23.3 Å². The van der Waals surface area contributed by atoms with Crippen molar-refractivity contribution in [2.75, 3.05) is 33.4 Å². The number of aryl methyl sites for hydroxylation is 3. The highest BCUT2D eigenvalue weighted by atomic mass is 32.2. The van der Waals surface area contributed by atoms with Gasteiger partial charge in [0.2, 0.25) is 15.9 Å². The van der Waals surface area contributed by atoms with Crippen LogP contribution in [0.25, 0.3) is 0 Å². The van der Waals surface area contributed by atoms with Crippen molar-refractivity contribution in [3.63, 3.8) is 0 Å². The van der Waals surface area contributed by atoms with Crippen LogP contribution in [0.2, 0.25) is 0 Å². The number of carbonyl (C=O) groups is 1. The van der Waals surface area contributed by atoms with Gasteiger partial charge in [-0.3, -0.25) is 4.79 Å². The molecule has 1 N–H and O–H groups in total. The summed E-state index contributed by atoms with van der Waals surface area (Å²) in [5.41, 5.74) is 4.10. The van der Waals surface area contributed by atoms with Crippen LogP contribution in [0.1, 0.15) is 41.6 Å². The number of nitrogens with one attached hydrogen (secondary N) is 1. The Balaban J connectivity index is 1.69. The number of hydrogen-bond donors (Lipinski definition) is 1. The molecule has 0 unspecified atom stereocenters. The lowest BCUT2D eigenvalue weighted by molar-refractivity contribution is -0.121. The Morgan fingerprint density at radius 2 is 1.88 bits per heavy atom. The maximum absolute atomic E-state index is 13.0. The third-order valence-corrected chi connectivity index (χ3v) is 7.65. The molecule has 174 valence electrons. The fourth-order valence-electron chi connectivity index (χ4n) is 4.00. The molecule has 0 radical (unpaired) electrons. The maximum Gasteiger partial charge on any atom is 0.243 e. The van der Waals surface area contributed by atoms with E-state index >= 15 is 0 Å². The predicted molar refractivity (Wildman–Crippen MR) is 123 cm³/mol. The smallest absolute Gasteiger partial charge is 0.243 e. The number of ether oxygens (including phenoxy) is 2. The minimum Gasteiger partial charge on any atom is -0.496 e. The molecule has 0 aromatic heterocycles. The van der Waals surface area contributed by atoms with Crippen molar-refractivity contribution < 1.29 is 22.7 Å². The van der Waals surface area contributed by atoms with Crippen LogP contribution in [0.3, 0.4) is 0 Å². The van der Waals surface area contributed by atoms with Crippen molar-refractivity contribution in [3.8, 4) is 5.75 Å². The van der Waals surface area contributed by atoms with Crippen LogP contribution in [0.15, 0.2) is 41.3 Å². The summed E-state index contributed by atoms with van der Waals surface area (Å²) in [7, 11) is -2.08. The van der Waals surface area contributed by atoms with Gasteiger partial charge >= 0.3 is 0 Å². The summed E-state index contributed by atoms with van der Waals surface area (Å²) in [6.45, 7) is 7.50. The summed E-state index contributed by atoms with van der Waals surface area (Å²) in [4.78, 5) is 12.8. The number of morpholine rings is 1. The van der Waals surface area contributed by atoms with E-state index in [1.54, 1.807) is 18.2 Å². The molecule has 1 aliphatic rings. The molecule has 2 aromatic carbocycles. The SMILES string of the molecule is COc1ccc(S(=O)(=O)N2CCOCC2)cc1CCC(=O)N[C@H](C)c1ccc(C)cc1C. The second kappa shape index (κ2) is 10.5.